The van der Waals surface area contributed by atoms with Gasteiger partial charge in [-0.2, -0.15) is 0 Å². The Morgan fingerprint density at radius 2 is 1.46 bits per heavy atom. The van der Waals surface area contributed by atoms with E-state index in [9.17, 15) is 25.9 Å². The normalized spacial score (nSPS) is 13.7. The molecule has 0 spiro atoms. The molecule has 0 saturated carbocycles. The fraction of sp³-hybridized carbons (Fsp3) is 0.696. The second-order valence-corrected chi connectivity index (χ2v) is 12.2. The molecule has 2 aromatic rings. The number of aromatic nitrogens is 2. The van der Waals surface area contributed by atoms with Crippen molar-refractivity contribution in [2.45, 2.75) is 107 Å². The topological polar surface area (TPSA) is 143 Å². The van der Waals surface area contributed by atoms with Crippen LogP contribution >= 0.6 is 0 Å². The molecule has 0 radical (unpaired) electrons. The van der Waals surface area contributed by atoms with Crippen molar-refractivity contribution in [3.05, 3.63) is 23.5 Å². The molecule has 2 atom stereocenters. The van der Waals surface area contributed by atoms with Gasteiger partial charge in [0.2, 0.25) is 0 Å². The van der Waals surface area contributed by atoms with E-state index >= 15 is 0 Å². The number of H-pyrrole nitrogens is 1. The van der Waals surface area contributed by atoms with Crippen molar-refractivity contribution in [3.63, 3.8) is 0 Å². The van der Waals surface area contributed by atoms with Crippen LogP contribution in [0.4, 0.5) is 0 Å². The summed E-state index contributed by atoms with van der Waals surface area (Å²) in [5, 5.41) is -1.05. The Hall–Kier alpha value is 1.78. The van der Waals surface area contributed by atoms with Crippen molar-refractivity contribution in [2.75, 3.05) is 0 Å². The summed E-state index contributed by atoms with van der Waals surface area (Å²) < 4.78 is 69.3. The zero-order valence-corrected chi connectivity index (χ0v) is 29.7. The van der Waals surface area contributed by atoms with Gasteiger partial charge in [-0.1, -0.05) is 65.2 Å². The van der Waals surface area contributed by atoms with Gasteiger partial charge in [-0.3, -0.25) is 0 Å². The fourth-order valence-electron chi connectivity index (χ4n) is 4.15. The summed E-state index contributed by atoms with van der Waals surface area (Å²) in [6, 6.07) is 2.83. The second kappa shape index (κ2) is 17.5. The molecule has 0 fully saturated rings. The average molecular weight is 579 g/mol. The van der Waals surface area contributed by atoms with E-state index in [1.807, 2.05) is 6.92 Å². The molecule has 0 saturated heterocycles. The van der Waals surface area contributed by atoms with Crippen LogP contribution in [0, 0.1) is 0 Å². The van der Waals surface area contributed by atoms with Gasteiger partial charge in [0.15, 0.2) is 0 Å². The Labute approximate surface area is 295 Å². The predicted molar refractivity (Wildman–Crippen MR) is 127 cm³/mol. The molecule has 2 unspecified atom stereocenters. The molecule has 0 bridgehead atoms. The first-order chi connectivity index (χ1) is 15.4. The Balaban J connectivity index is 0.00000578. The van der Waals surface area contributed by atoms with Gasteiger partial charge in [-0.15, -0.1) is 0 Å². The van der Waals surface area contributed by atoms with Crippen LogP contribution < -0.4 is 103 Å². The summed E-state index contributed by atoms with van der Waals surface area (Å²) in [5.41, 5.74) is 1.43. The van der Waals surface area contributed by atoms with Crippen molar-refractivity contribution in [1.29, 1.82) is 0 Å². The Bertz CT molecular complexity index is 1120. The third-order valence-corrected chi connectivity index (χ3v) is 8.35. The van der Waals surface area contributed by atoms with Crippen LogP contribution in [-0.2, 0) is 26.7 Å². The third-order valence-electron chi connectivity index (χ3n) is 6.24. The molecular formula is C23H36K2N2O6S2. The minimum absolute atomic E-state index is 0. The SMILES string of the molecule is CCCCCCCCCCC(C)c1c(S(=O)(=O)[O-])ccc2[nH]c(CCC(C)S(=O)(=O)[O-])nc12.[K+].[K+]. The molecule has 1 aromatic heterocycles. The van der Waals surface area contributed by atoms with Crippen LogP contribution in [0.25, 0.3) is 11.0 Å². The first-order valence-electron chi connectivity index (χ1n) is 11.9. The van der Waals surface area contributed by atoms with Crippen molar-refractivity contribution < 1.29 is 129 Å². The van der Waals surface area contributed by atoms with Gasteiger partial charge in [0.25, 0.3) is 0 Å². The van der Waals surface area contributed by atoms with Crippen molar-refractivity contribution in [3.8, 4) is 0 Å². The van der Waals surface area contributed by atoms with E-state index < -0.39 is 25.5 Å². The number of hydrogen-bond acceptors (Lipinski definition) is 7. The van der Waals surface area contributed by atoms with Gasteiger partial charge in [0, 0.05) is 17.2 Å². The largest absolute Gasteiger partial charge is 1.00 e. The fourth-order valence-corrected chi connectivity index (χ4v) is 5.36. The molecule has 1 N–H and O–H groups in total. The molecule has 8 nitrogen and oxygen atoms in total. The maximum absolute atomic E-state index is 11.9. The van der Waals surface area contributed by atoms with Gasteiger partial charge in [-0.25, -0.2) is 21.8 Å². The summed E-state index contributed by atoms with van der Waals surface area (Å²) in [4.78, 5) is 7.31. The molecule has 12 heteroatoms. The Kier molecular flexibility index (Phi) is 18.4. The smallest absolute Gasteiger partial charge is 0.748 e. The molecule has 2 rings (SSSR count). The predicted octanol–water partition coefficient (Wildman–Crippen LogP) is -1.02. The molecule has 0 aliphatic heterocycles. The van der Waals surface area contributed by atoms with Gasteiger partial charge in [-0.05, 0) is 37.8 Å². The van der Waals surface area contributed by atoms with Crippen molar-refractivity contribution >= 4 is 31.3 Å². The number of rotatable bonds is 15. The van der Waals surface area contributed by atoms with E-state index in [-0.39, 0.29) is 126 Å². The minimum Gasteiger partial charge on any atom is -0.748 e. The Morgan fingerprint density at radius 3 is 2.00 bits per heavy atom. The maximum atomic E-state index is 11.9. The summed E-state index contributed by atoms with van der Waals surface area (Å²) in [6.45, 7) is 5.45. The van der Waals surface area contributed by atoms with E-state index in [0.717, 1.165) is 25.7 Å². The van der Waals surface area contributed by atoms with E-state index in [1.165, 1.54) is 51.2 Å². The van der Waals surface area contributed by atoms with Crippen LogP contribution in [0.1, 0.15) is 102 Å². The number of nitrogens with one attached hydrogen (secondary N) is 1. The van der Waals surface area contributed by atoms with E-state index in [0.29, 0.717) is 22.4 Å². The monoisotopic (exact) mass is 578 g/mol. The van der Waals surface area contributed by atoms with Crippen LogP contribution in [0.15, 0.2) is 17.0 Å². The number of fused-ring (bicyclic) bond motifs is 1. The van der Waals surface area contributed by atoms with Gasteiger partial charge in [0.1, 0.15) is 15.9 Å². The molecule has 188 valence electrons. The van der Waals surface area contributed by atoms with Crippen molar-refractivity contribution in [1.82, 2.24) is 9.97 Å². The number of unbranched alkanes of at least 4 members (excludes halogenated alkanes) is 7. The van der Waals surface area contributed by atoms with Gasteiger partial charge >= 0.3 is 103 Å². The molecule has 0 amide bonds. The zero-order valence-electron chi connectivity index (χ0n) is 21.8. The molecule has 1 aromatic carbocycles. The second-order valence-electron chi connectivity index (χ2n) is 9.02. The maximum Gasteiger partial charge on any atom is 1.00 e. The van der Waals surface area contributed by atoms with E-state index in [2.05, 4.69) is 16.9 Å². The molecular weight excluding hydrogens is 543 g/mol. The quantitative estimate of drug-likeness (QED) is 0.162. The first-order valence-corrected chi connectivity index (χ1v) is 14.7. The van der Waals surface area contributed by atoms with Crippen LogP contribution in [-0.4, -0.2) is 41.2 Å². The molecule has 35 heavy (non-hydrogen) atoms. The first kappa shape index (κ1) is 36.8. The zero-order chi connectivity index (χ0) is 24.6. The Morgan fingerprint density at radius 1 is 0.886 bits per heavy atom. The minimum atomic E-state index is -4.68. The van der Waals surface area contributed by atoms with Crippen LogP contribution in [0.5, 0.6) is 0 Å². The van der Waals surface area contributed by atoms with Gasteiger partial charge < -0.3 is 14.1 Å². The van der Waals surface area contributed by atoms with Crippen LogP contribution in [0.3, 0.4) is 0 Å². The van der Waals surface area contributed by atoms with E-state index in [4.69, 9.17) is 0 Å². The molecule has 0 aliphatic rings. The van der Waals surface area contributed by atoms with E-state index in [1.54, 1.807) is 0 Å². The van der Waals surface area contributed by atoms with Crippen LogP contribution in [0.2, 0.25) is 0 Å². The van der Waals surface area contributed by atoms with Crippen molar-refractivity contribution in [2.24, 2.45) is 0 Å². The number of aromatic amines is 1. The average Bonchev–Trinajstić information content (AvgIpc) is 3.14. The summed E-state index contributed by atoms with van der Waals surface area (Å²) in [6.07, 6.45) is 10.4. The standard InChI is InChI=1S/C23H38N2O6S2.2K/c1-4-5-6-7-8-9-10-11-12-17(2)22-20(33(29,30)31)15-14-19-23(22)25-21(24-19)16-13-18(3)32(26,27)28;;/h14-15,17-18H,4-13,16H2,1-3H3,(H,24,25)(H,26,27,28)(H,29,30,31);;/q;2*+1/p-2. The molecule has 0 aliphatic carbocycles. The number of aryl methyl sites for hydroxylation is 1. The third kappa shape index (κ3) is 12.2. The number of nitrogens with zero attached hydrogens (tertiary/aromatic N) is 1. The summed E-state index contributed by atoms with van der Waals surface area (Å²) >= 11 is 0. The summed E-state index contributed by atoms with van der Waals surface area (Å²) in [5.74, 6) is 0.283. The number of hydrogen-bond donors (Lipinski definition) is 1. The molecule has 1 heterocycles. The van der Waals surface area contributed by atoms with Gasteiger partial charge in [0.05, 0.1) is 26.0 Å². The number of benzene rings is 1. The summed E-state index contributed by atoms with van der Waals surface area (Å²) in [7, 11) is -9.06. The number of imidazole rings is 1.